The standard InChI is InChI=1S/C22H23FN2O2/c1-2-3-4-7-14-27-19-12-10-17(11-13-19)15-18(16-24)22(26)25-21-9-6-5-8-20(21)23/h5-6,8-13,15H,2-4,7,14H2,1H3,(H,25,26). The van der Waals surface area contributed by atoms with Crippen LogP contribution in [-0.2, 0) is 4.79 Å². The molecule has 27 heavy (non-hydrogen) atoms. The first-order valence-corrected chi connectivity index (χ1v) is 9.04. The molecule has 5 heteroatoms. The number of benzene rings is 2. The molecule has 0 saturated carbocycles. The van der Waals surface area contributed by atoms with E-state index in [0.29, 0.717) is 12.2 Å². The smallest absolute Gasteiger partial charge is 0.266 e. The topological polar surface area (TPSA) is 62.1 Å². The molecule has 2 aromatic carbocycles. The number of nitrogens with zero attached hydrogens (tertiary/aromatic N) is 1. The first kappa shape index (κ1) is 20.2. The molecule has 2 rings (SSSR count). The minimum absolute atomic E-state index is 0.0375. The second-order valence-corrected chi connectivity index (χ2v) is 6.08. The maximum atomic E-state index is 13.6. The minimum Gasteiger partial charge on any atom is -0.494 e. The van der Waals surface area contributed by atoms with Crippen LogP contribution in [-0.4, -0.2) is 12.5 Å². The fourth-order valence-electron chi connectivity index (χ4n) is 2.45. The summed E-state index contributed by atoms with van der Waals surface area (Å²) in [4.78, 5) is 12.2. The Morgan fingerprint density at radius 2 is 1.89 bits per heavy atom. The van der Waals surface area contributed by atoms with Gasteiger partial charge in [-0.05, 0) is 42.3 Å². The van der Waals surface area contributed by atoms with Crippen molar-refractivity contribution in [3.8, 4) is 11.8 Å². The van der Waals surface area contributed by atoms with Gasteiger partial charge in [0.05, 0.1) is 12.3 Å². The van der Waals surface area contributed by atoms with E-state index >= 15 is 0 Å². The van der Waals surface area contributed by atoms with E-state index in [9.17, 15) is 14.4 Å². The normalized spacial score (nSPS) is 10.9. The van der Waals surface area contributed by atoms with Gasteiger partial charge in [-0.1, -0.05) is 50.5 Å². The van der Waals surface area contributed by atoms with Gasteiger partial charge in [0.1, 0.15) is 23.2 Å². The van der Waals surface area contributed by atoms with Gasteiger partial charge in [-0.25, -0.2) is 4.39 Å². The summed E-state index contributed by atoms with van der Waals surface area (Å²) >= 11 is 0. The van der Waals surface area contributed by atoms with E-state index in [1.165, 1.54) is 37.1 Å². The molecule has 4 nitrogen and oxygen atoms in total. The summed E-state index contributed by atoms with van der Waals surface area (Å²) in [6.45, 7) is 2.84. The van der Waals surface area contributed by atoms with Crippen molar-refractivity contribution in [2.75, 3.05) is 11.9 Å². The number of nitriles is 1. The van der Waals surface area contributed by atoms with Crippen molar-refractivity contribution < 1.29 is 13.9 Å². The van der Waals surface area contributed by atoms with E-state index in [2.05, 4.69) is 12.2 Å². The van der Waals surface area contributed by atoms with Gasteiger partial charge in [0.2, 0.25) is 0 Å². The Morgan fingerprint density at radius 1 is 1.15 bits per heavy atom. The van der Waals surface area contributed by atoms with E-state index in [-0.39, 0.29) is 11.3 Å². The Kier molecular flexibility index (Phi) is 8.05. The van der Waals surface area contributed by atoms with Crippen LogP contribution in [0.25, 0.3) is 6.08 Å². The second-order valence-electron chi connectivity index (χ2n) is 6.08. The summed E-state index contributed by atoms with van der Waals surface area (Å²) < 4.78 is 19.3. The molecule has 2 aromatic rings. The van der Waals surface area contributed by atoms with Crippen molar-refractivity contribution in [3.63, 3.8) is 0 Å². The van der Waals surface area contributed by atoms with Crippen LogP contribution < -0.4 is 10.1 Å². The molecule has 0 atom stereocenters. The van der Waals surface area contributed by atoms with E-state index in [0.717, 1.165) is 18.6 Å². The molecule has 0 fully saturated rings. The number of carbonyl (C=O) groups excluding carboxylic acids is 1. The van der Waals surface area contributed by atoms with E-state index < -0.39 is 11.7 Å². The molecule has 0 heterocycles. The molecule has 1 amide bonds. The Hall–Kier alpha value is -3.13. The third-order valence-electron chi connectivity index (χ3n) is 3.94. The number of halogens is 1. The molecular weight excluding hydrogens is 343 g/mol. The largest absolute Gasteiger partial charge is 0.494 e. The maximum absolute atomic E-state index is 13.6. The Morgan fingerprint density at radius 3 is 2.56 bits per heavy atom. The van der Waals surface area contributed by atoms with Crippen LogP contribution in [0.5, 0.6) is 5.75 Å². The molecule has 140 valence electrons. The number of carbonyl (C=O) groups is 1. The van der Waals surface area contributed by atoms with Gasteiger partial charge in [-0.15, -0.1) is 0 Å². The first-order valence-electron chi connectivity index (χ1n) is 9.04. The second kappa shape index (κ2) is 10.8. The SMILES string of the molecule is CCCCCCOc1ccc(C=C(C#N)C(=O)Nc2ccccc2F)cc1. The highest BCUT2D eigenvalue weighted by molar-refractivity contribution is 6.09. The van der Waals surface area contributed by atoms with Crippen LogP contribution >= 0.6 is 0 Å². The number of anilines is 1. The van der Waals surface area contributed by atoms with E-state index in [4.69, 9.17) is 4.74 Å². The average molecular weight is 366 g/mol. The lowest BCUT2D eigenvalue weighted by molar-refractivity contribution is -0.112. The number of ether oxygens (including phenoxy) is 1. The number of hydrogen-bond acceptors (Lipinski definition) is 3. The van der Waals surface area contributed by atoms with Crippen LogP contribution in [0.15, 0.2) is 54.1 Å². The van der Waals surface area contributed by atoms with Crippen LogP contribution in [0.4, 0.5) is 10.1 Å². The fraction of sp³-hybridized carbons (Fsp3) is 0.273. The number of rotatable bonds is 9. The lowest BCUT2D eigenvalue weighted by Crippen LogP contribution is -2.14. The van der Waals surface area contributed by atoms with Crippen molar-refractivity contribution in [2.24, 2.45) is 0 Å². The highest BCUT2D eigenvalue weighted by Gasteiger charge is 2.11. The van der Waals surface area contributed by atoms with Crippen molar-refractivity contribution in [1.29, 1.82) is 5.26 Å². The zero-order valence-corrected chi connectivity index (χ0v) is 15.4. The predicted octanol–water partition coefficient (Wildman–Crippen LogP) is 5.33. The summed E-state index contributed by atoms with van der Waals surface area (Å²) in [6.07, 6.45) is 6.02. The van der Waals surface area contributed by atoms with Crippen molar-refractivity contribution in [2.45, 2.75) is 32.6 Å². The van der Waals surface area contributed by atoms with Crippen LogP contribution in [0, 0.1) is 17.1 Å². The lowest BCUT2D eigenvalue weighted by atomic mass is 10.1. The third kappa shape index (κ3) is 6.59. The Balaban J connectivity index is 1.97. The summed E-state index contributed by atoms with van der Waals surface area (Å²) in [5.41, 5.74) is 0.621. The fourth-order valence-corrected chi connectivity index (χ4v) is 2.45. The predicted molar refractivity (Wildman–Crippen MR) is 105 cm³/mol. The molecule has 0 radical (unpaired) electrons. The van der Waals surface area contributed by atoms with Crippen molar-refractivity contribution in [3.05, 3.63) is 65.5 Å². The number of hydrogen-bond donors (Lipinski definition) is 1. The van der Waals surface area contributed by atoms with Gasteiger partial charge in [-0.2, -0.15) is 5.26 Å². The van der Waals surface area contributed by atoms with E-state index in [1.54, 1.807) is 30.3 Å². The highest BCUT2D eigenvalue weighted by Crippen LogP contribution is 2.17. The van der Waals surface area contributed by atoms with Gasteiger partial charge >= 0.3 is 0 Å². The van der Waals surface area contributed by atoms with Crippen LogP contribution in [0.2, 0.25) is 0 Å². The average Bonchev–Trinajstić information content (AvgIpc) is 2.68. The van der Waals surface area contributed by atoms with Gasteiger partial charge in [0.25, 0.3) is 5.91 Å². The lowest BCUT2D eigenvalue weighted by Gasteiger charge is -2.07. The van der Waals surface area contributed by atoms with Gasteiger partial charge in [0, 0.05) is 0 Å². The number of para-hydroxylation sites is 1. The quantitative estimate of drug-likeness (QED) is 0.371. The Bertz CT molecular complexity index is 823. The number of nitrogens with one attached hydrogen (secondary N) is 1. The van der Waals surface area contributed by atoms with Gasteiger partial charge in [0.15, 0.2) is 0 Å². The molecule has 1 N–H and O–H groups in total. The molecule has 0 saturated heterocycles. The zero-order valence-electron chi connectivity index (χ0n) is 15.4. The molecule has 0 spiro atoms. The molecule has 0 bridgehead atoms. The van der Waals surface area contributed by atoms with Crippen molar-refractivity contribution >= 4 is 17.7 Å². The summed E-state index contributed by atoms with van der Waals surface area (Å²) in [7, 11) is 0. The maximum Gasteiger partial charge on any atom is 0.266 e. The van der Waals surface area contributed by atoms with Gasteiger partial charge in [-0.3, -0.25) is 4.79 Å². The Labute approximate surface area is 159 Å². The summed E-state index contributed by atoms with van der Waals surface area (Å²) in [6, 6.07) is 14.8. The van der Waals surface area contributed by atoms with Gasteiger partial charge < -0.3 is 10.1 Å². The zero-order chi connectivity index (χ0) is 19.5. The van der Waals surface area contributed by atoms with Crippen LogP contribution in [0.1, 0.15) is 38.2 Å². The molecule has 0 aliphatic carbocycles. The first-order chi connectivity index (χ1) is 13.1. The molecular formula is C22H23FN2O2. The molecule has 0 aromatic heterocycles. The monoisotopic (exact) mass is 366 g/mol. The molecule has 0 aliphatic rings. The third-order valence-corrected chi connectivity index (χ3v) is 3.94. The minimum atomic E-state index is -0.654. The van der Waals surface area contributed by atoms with E-state index in [1.807, 2.05) is 6.07 Å². The number of amides is 1. The molecule has 0 aliphatic heterocycles. The van der Waals surface area contributed by atoms with Crippen LogP contribution in [0.3, 0.4) is 0 Å². The summed E-state index contributed by atoms with van der Waals surface area (Å²) in [5, 5.41) is 11.7. The number of unbranched alkanes of at least 4 members (excludes halogenated alkanes) is 3. The molecule has 0 unspecified atom stereocenters. The highest BCUT2D eigenvalue weighted by atomic mass is 19.1. The summed E-state index contributed by atoms with van der Waals surface area (Å²) in [5.74, 6) is -0.458. The van der Waals surface area contributed by atoms with Crippen molar-refractivity contribution in [1.82, 2.24) is 0 Å².